The zero-order valence-electron chi connectivity index (χ0n) is 14.2. The van der Waals surface area contributed by atoms with Gasteiger partial charge in [-0.2, -0.15) is 4.68 Å². The quantitative estimate of drug-likeness (QED) is 0.650. The summed E-state index contributed by atoms with van der Waals surface area (Å²) in [6.45, 7) is 2.28. The highest BCUT2D eigenvalue weighted by molar-refractivity contribution is 7.09. The molecule has 0 atom stereocenters. The Bertz CT molecular complexity index is 896. The molecule has 2 heterocycles. The van der Waals surface area contributed by atoms with Crippen LogP contribution in [0.4, 0.5) is 5.69 Å². The van der Waals surface area contributed by atoms with Crippen LogP contribution >= 0.6 is 23.7 Å². The Morgan fingerprint density at radius 3 is 2.88 bits per heavy atom. The molecule has 0 aliphatic rings. The van der Waals surface area contributed by atoms with Gasteiger partial charge in [-0.15, -0.1) is 28.8 Å². The van der Waals surface area contributed by atoms with E-state index in [1.165, 1.54) is 16.0 Å². The van der Waals surface area contributed by atoms with Crippen LogP contribution in [0, 0.1) is 6.92 Å². The van der Waals surface area contributed by atoms with E-state index in [4.69, 9.17) is 10.5 Å². The standard InChI is InChI=1S/C15H17N7O2S.ClH/c1-9-19-20-21-22(9)12-7-10(3-4-13(12)24-2)17-15(23)11-8-25-14(18-11)5-6-16;/h3-4,7-8H,5-6,16H2,1-2H3,(H,17,23);1H. The summed E-state index contributed by atoms with van der Waals surface area (Å²) in [5, 5.41) is 16.8. The van der Waals surface area contributed by atoms with E-state index in [0.717, 1.165) is 5.01 Å². The Kier molecular flexibility index (Phi) is 6.61. The van der Waals surface area contributed by atoms with Crippen molar-refractivity contribution >= 4 is 35.3 Å². The van der Waals surface area contributed by atoms with E-state index in [-0.39, 0.29) is 18.3 Å². The van der Waals surface area contributed by atoms with E-state index in [1.807, 2.05) is 0 Å². The van der Waals surface area contributed by atoms with Crippen molar-refractivity contribution < 1.29 is 9.53 Å². The number of methoxy groups -OCH3 is 1. The molecule has 0 bridgehead atoms. The molecule has 26 heavy (non-hydrogen) atoms. The number of benzene rings is 1. The number of anilines is 1. The number of nitrogens with two attached hydrogens (primary N) is 1. The van der Waals surface area contributed by atoms with E-state index in [0.29, 0.717) is 41.6 Å². The number of nitrogens with zero attached hydrogens (tertiary/aromatic N) is 5. The fraction of sp³-hybridized carbons (Fsp3) is 0.267. The van der Waals surface area contributed by atoms with Gasteiger partial charge in [0.05, 0.1) is 12.1 Å². The molecular weight excluding hydrogens is 378 g/mol. The number of halogens is 1. The van der Waals surface area contributed by atoms with Crippen LogP contribution in [0.2, 0.25) is 0 Å². The molecule has 3 N–H and O–H groups in total. The predicted molar refractivity (Wildman–Crippen MR) is 101 cm³/mol. The first-order valence-electron chi connectivity index (χ1n) is 7.51. The largest absolute Gasteiger partial charge is 0.494 e. The number of hydrogen-bond donors (Lipinski definition) is 2. The lowest BCUT2D eigenvalue weighted by Gasteiger charge is -2.11. The third-order valence-corrected chi connectivity index (χ3v) is 4.34. The number of aryl methyl sites for hydroxylation is 1. The van der Waals surface area contributed by atoms with Crippen LogP contribution in [0.1, 0.15) is 21.3 Å². The smallest absolute Gasteiger partial charge is 0.275 e. The number of carbonyl (C=O) groups excluding carboxylic acids is 1. The highest BCUT2D eigenvalue weighted by Crippen LogP contribution is 2.26. The molecule has 0 unspecified atom stereocenters. The maximum absolute atomic E-state index is 12.4. The molecule has 0 spiro atoms. The van der Waals surface area contributed by atoms with Crippen molar-refractivity contribution in [2.45, 2.75) is 13.3 Å². The lowest BCUT2D eigenvalue weighted by atomic mass is 10.2. The van der Waals surface area contributed by atoms with Crippen molar-refractivity contribution in [3.63, 3.8) is 0 Å². The summed E-state index contributed by atoms with van der Waals surface area (Å²) in [6, 6.07) is 5.23. The maximum atomic E-state index is 12.4. The summed E-state index contributed by atoms with van der Waals surface area (Å²) in [7, 11) is 1.56. The third kappa shape index (κ3) is 4.15. The minimum atomic E-state index is -0.288. The number of ether oxygens (including phenoxy) is 1. The van der Waals surface area contributed by atoms with Gasteiger partial charge >= 0.3 is 0 Å². The zero-order chi connectivity index (χ0) is 17.8. The van der Waals surface area contributed by atoms with E-state index in [2.05, 4.69) is 25.8 Å². The molecule has 1 aromatic carbocycles. The van der Waals surface area contributed by atoms with Crippen LogP contribution in [-0.2, 0) is 6.42 Å². The van der Waals surface area contributed by atoms with Crippen LogP contribution in [-0.4, -0.2) is 44.8 Å². The number of aromatic nitrogens is 5. The second-order valence-electron chi connectivity index (χ2n) is 5.14. The van der Waals surface area contributed by atoms with Gasteiger partial charge in [0.2, 0.25) is 0 Å². The first-order valence-corrected chi connectivity index (χ1v) is 8.39. The monoisotopic (exact) mass is 395 g/mol. The summed E-state index contributed by atoms with van der Waals surface area (Å²) < 4.78 is 6.89. The first kappa shape index (κ1) is 19.8. The van der Waals surface area contributed by atoms with Crippen LogP contribution in [0.25, 0.3) is 5.69 Å². The second kappa shape index (κ2) is 8.70. The minimum absolute atomic E-state index is 0. The molecule has 0 aliphatic heterocycles. The summed E-state index contributed by atoms with van der Waals surface area (Å²) in [4.78, 5) is 16.7. The molecule has 11 heteroatoms. The van der Waals surface area contributed by atoms with Crippen LogP contribution in [0.3, 0.4) is 0 Å². The lowest BCUT2D eigenvalue weighted by molar-refractivity contribution is 0.102. The van der Waals surface area contributed by atoms with Crippen molar-refractivity contribution in [1.82, 2.24) is 25.2 Å². The van der Waals surface area contributed by atoms with Crippen LogP contribution < -0.4 is 15.8 Å². The number of amides is 1. The average Bonchev–Trinajstić information content (AvgIpc) is 3.24. The van der Waals surface area contributed by atoms with Gasteiger partial charge in [-0.05, 0) is 42.1 Å². The maximum Gasteiger partial charge on any atom is 0.275 e. The molecule has 9 nitrogen and oxygen atoms in total. The summed E-state index contributed by atoms with van der Waals surface area (Å²) in [5.41, 5.74) is 7.09. The number of tetrazole rings is 1. The molecule has 0 saturated carbocycles. The Morgan fingerprint density at radius 1 is 1.42 bits per heavy atom. The molecular formula is C15H18ClN7O2S. The number of rotatable bonds is 6. The Hall–Kier alpha value is -2.56. The molecule has 3 aromatic rings. The van der Waals surface area contributed by atoms with Gasteiger partial charge in [-0.25, -0.2) is 4.98 Å². The molecule has 0 fully saturated rings. The fourth-order valence-corrected chi connectivity index (χ4v) is 3.03. The first-order chi connectivity index (χ1) is 12.1. The van der Waals surface area contributed by atoms with Crippen molar-refractivity contribution in [2.24, 2.45) is 5.73 Å². The number of thiazole rings is 1. The van der Waals surface area contributed by atoms with Crippen molar-refractivity contribution in [3.8, 4) is 11.4 Å². The van der Waals surface area contributed by atoms with Crippen molar-refractivity contribution in [3.05, 3.63) is 40.1 Å². The predicted octanol–water partition coefficient (Wildman–Crippen LogP) is 1.61. The molecule has 0 aliphatic carbocycles. The van der Waals surface area contributed by atoms with Gasteiger partial charge in [0, 0.05) is 17.5 Å². The Labute approximate surface area is 160 Å². The van der Waals surface area contributed by atoms with Crippen LogP contribution in [0.15, 0.2) is 23.6 Å². The van der Waals surface area contributed by atoms with Gasteiger partial charge in [-0.3, -0.25) is 4.79 Å². The van der Waals surface area contributed by atoms with E-state index >= 15 is 0 Å². The topological polar surface area (TPSA) is 121 Å². The summed E-state index contributed by atoms with van der Waals surface area (Å²) in [5.74, 6) is 0.907. The number of carbonyl (C=O) groups is 1. The highest BCUT2D eigenvalue weighted by Gasteiger charge is 2.14. The number of hydrogen-bond acceptors (Lipinski definition) is 8. The Balaban J connectivity index is 0.00000243. The van der Waals surface area contributed by atoms with E-state index in [1.54, 1.807) is 37.6 Å². The van der Waals surface area contributed by atoms with Gasteiger partial charge in [0.15, 0.2) is 5.82 Å². The minimum Gasteiger partial charge on any atom is -0.494 e. The molecule has 3 rings (SSSR count). The second-order valence-corrected chi connectivity index (χ2v) is 6.09. The van der Waals surface area contributed by atoms with E-state index < -0.39 is 0 Å². The van der Waals surface area contributed by atoms with Gasteiger partial charge in [0.1, 0.15) is 17.1 Å². The molecule has 138 valence electrons. The van der Waals surface area contributed by atoms with Crippen LogP contribution in [0.5, 0.6) is 5.75 Å². The molecule has 0 saturated heterocycles. The highest BCUT2D eigenvalue weighted by atomic mass is 35.5. The van der Waals surface area contributed by atoms with Crippen molar-refractivity contribution in [2.75, 3.05) is 19.0 Å². The van der Waals surface area contributed by atoms with Gasteiger partial charge in [-0.1, -0.05) is 0 Å². The fourth-order valence-electron chi connectivity index (χ4n) is 2.24. The normalized spacial score (nSPS) is 10.3. The molecule has 0 radical (unpaired) electrons. The van der Waals surface area contributed by atoms with Gasteiger partial charge < -0.3 is 15.8 Å². The lowest BCUT2D eigenvalue weighted by Crippen LogP contribution is -2.13. The zero-order valence-corrected chi connectivity index (χ0v) is 15.8. The summed E-state index contributed by atoms with van der Waals surface area (Å²) in [6.07, 6.45) is 0.656. The Morgan fingerprint density at radius 2 is 2.23 bits per heavy atom. The average molecular weight is 396 g/mol. The summed E-state index contributed by atoms with van der Waals surface area (Å²) >= 11 is 1.42. The molecule has 1 amide bonds. The van der Waals surface area contributed by atoms with E-state index in [9.17, 15) is 4.79 Å². The third-order valence-electron chi connectivity index (χ3n) is 3.43. The molecule has 2 aromatic heterocycles. The SMILES string of the molecule is COc1ccc(NC(=O)c2csc(CCN)n2)cc1-n1nnnc1C.Cl. The van der Waals surface area contributed by atoms with Gasteiger partial charge in [0.25, 0.3) is 5.91 Å². The van der Waals surface area contributed by atoms with Crippen molar-refractivity contribution in [1.29, 1.82) is 0 Å². The number of nitrogens with one attached hydrogen (secondary N) is 1.